The van der Waals surface area contributed by atoms with Crippen LogP contribution >= 0.6 is 0 Å². The van der Waals surface area contributed by atoms with Crippen molar-refractivity contribution in [3.8, 4) is 0 Å². The number of hydrogen-bond acceptors (Lipinski definition) is 1. The van der Waals surface area contributed by atoms with Crippen LogP contribution in [0, 0.1) is 13.8 Å². The Morgan fingerprint density at radius 3 is 2.04 bits per heavy atom. The normalized spacial score (nSPS) is 18.4. The molecule has 1 heterocycles. The van der Waals surface area contributed by atoms with Crippen molar-refractivity contribution in [3.63, 3.8) is 0 Å². The zero-order chi connectivity index (χ0) is 17.6. The third-order valence-electron chi connectivity index (χ3n) is 5.92. The molecule has 1 atom stereocenters. The number of aryl methyl sites for hydroxylation is 2. The largest absolute Gasteiger partial charge is 0.320 e. The minimum Gasteiger partial charge on any atom is -0.320 e. The first-order valence-electron chi connectivity index (χ1n) is 9.77. The molecule has 137 valence electrons. The van der Waals surface area contributed by atoms with Gasteiger partial charge in [-0.05, 0) is 57.6 Å². The fourth-order valence-electron chi connectivity index (χ4n) is 4.38. The number of benzene rings is 1. The van der Waals surface area contributed by atoms with Crippen LogP contribution in [0.3, 0.4) is 0 Å². The molecule has 1 N–H and O–H groups in total. The summed E-state index contributed by atoms with van der Waals surface area (Å²) in [5.41, 5.74) is 3.30. The Hall–Kier alpha value is -0.246. The molecule has 1 fully saturated rings. The number of likely N-dealkylation sites (N-methyl/N-ethyl adjacent to an activating group) is 1. The van der Waals surface area contributed by atoms with E-state index in [-0.39, 0.29) is 44.7 Å². The number of carbonyl (C=O) groups excluding carboxylic acids is 1. The van der Waals surface area contributed by atoms with Gasteiger partial charge in [0.15, 0.2) is 6.04 Å². The summed E-state index contributed by atoms with van der Waals surface area (Å²) in [6.45, 7) is 11.9. The molecular formula is C21H35N2OY+. The third kappa shape index (κ3) is 5.61. The second kappa shape index (κ2) is 10.8. The molecule has 1 radical (unpaired) electrons. The van der Waals surface area contributed by atoms with Crippen molar-refractivity contribution < 1.29 is 42.0 Å². The summed E-state index contributed by atoms with van der Waals surface area (Å²) < 4.78 is 0.966. The number of anilines is 1. The van der Waals surface area contributed by atoms with Crippen LogP contribution in [-0.2, 0) is 37.5 Å². The maximum absolute atomic E-state index is 13.2. The molecule has 0 bridgehead atoms. The SMILES string of the molecule is CCC(C(=O)Nc1c(C)cccc1C)[N+]1(CC)CCCCCCC1.[Y]. The van der Waals surface area contributed by atoms with Crippen LogP contribution in [-0.4, -0.2) is 36.1 Å². The van der Waals surface area contributed by atoms with Crippen molar-refractivity contribution in [2.75, 3.05) is 25.0 Å². The van der Waals surface area contributed by atoms with Crippen LogP contribution in [0.15, 0.2) is 18.2 Å². The summed E-state index contributed by atoms with van der Waals surface area (Å²) >= 11 is 0. The molecule has 0 spiro atoms. The minimum absolute atomic E-state index is 0. The van der Waals surface area contributed by atoms with E-state index < -0.39 is 0 Å². The monoisotopic (exact) mass is 420 g/mol. The topological polar surface area (TPSA) is 29.1 Å². The summed E-state index contributed by atoms with van der Waals surface area (Å²) in [5.74, 6) is 0.206. The average molecular weight is 420 g/mol. The van der Waals surface area contributed by atoms with Crippen molar-refractivity contribution in [3.05, 3.63) is 29.3 Å². The van der Waals surface area contributed by atoms with E-state index in [2.05, 4.69) is 51.2 Å². The van der Waals surface area contributed by atoms with Gasteiger partial charge in [-0.25, -0.2) is 0 Å². The van der Waals surface area contributed by atoms with Gasteiger partial charge in [-0.3, -0.25) is 4.79 Å². The summed E-state index contributed by atoms with van der Waals surface area (Å²) in [5, 5.41) is 3.27. The Morgan fingerprint density at radius 2 is 1.56 bits per heavy atom. The number of amides is 1. The van der Waals surface area contributed by atoms with Gasteiger partial charge in [-0.2, -0.15) is 0 Å². The number of para-hydroxylation sites is 1. The predicted molar refractivity (Wildman–Crippen MR) is 102 cm³/mol. The summed E-state index contributed by atoms with van der Waals surface area (Å²) in [4.78, 5) is 13.2. The van der Waals surface area contributed by atoms with E-state index in [1.807, 2.05) is 0 Å². The van der Waals surface area contributed by atoms with E-state index in [1.54, 1.807) is 0 Å². The molecule has 0 aromatic heterocycles. The zero-order valence-electron chi connectivity index (χ0n) is 16.6. The van der Waals surface area contributed by atoms with Crippen LogP contribution in [0.1, 0.15) is 63.5 Å². The van der Waals surface area contributed by atoms with Gasteiger partial charge < -0.3 is 9.80 Å². The van der Waals surface area contributed by atoms with Gasteiger partial charge in [-0.1, -0.05) is 31.5 Å². The smallest absolute Gasteiger partial charge is 0.282 e. The van der Waals surface area contributed by atoms with E-state index in [0.717, 1.165) is 47.4 Å². The first kappa shape index (κ1) is 22.8. The molecule has 1 aromatic rings. The van der Waals surface area contributed by atoms with Gasteiger partial charge in [0.05, 0.1) is 19.6 Å². The first-order chi connectivity index (χ1) is 11.5. The Morgan fingerprint density at radius 1 is 1.04 bits per heavy atom. The molecule has 1 unspecified atom stereocenters. The van der Waals surface area contributed by atoms with Crippen molar-refractivity contribution in [1.29, 1.82) is 0 Å². The number of nitrogens with zero attached hydrogens (tertiary/aromatic N) is 1. The Labute approximate surface area is 179 Å². The second-order valence-corrected chi connectivity index (χ2v) is 7.43. The minimum atomic E-state index is 0. The molecule has 1 aliphatic rings. The molecule has 1 aliphatic heterocycles. The quantitative estimate of drug-likeness (QED) is 0.680. The number of rotatable bonds is 5. The van der Waals surface area contributed by atoms with Gasteiger partial charge in [-0.15, -0.1) is 0 Å². The molecular weight excluding hydrogens is 385 g/mol. The third-order valence-corrected chi connectivity index (χ3v) is 5.92. The Bertz CT molecular complexity index is 531. The van der Waals surface area contributed by atoms with Crippen molar-refractivity contribution in [2.45, 2.75) is 72.3 Å². The van der Waals surface area contributed by atoms with Gasteiger partial charge >= 0.3 is 0 Å². The molecule has 2 rings (SSSR count). The van der Waals surface area contributed by atoms with Gasteiger partial charge in [0.1, 0.15) is 0 Å². The molecule has 1 amide bonds. The number of nitrogens with one attached hydrogen (secondary N) is 1. The van der Waals surface area contributed by atoms with Crippen LogP contribution < -0.4 is 5.32 Å². The van der Waals surface area contributed by atoms with Gasteiger partial charge in [0, 0.05) is 44.8 Å². The fourth-order valence-corrected chi connectivity index (χ4v) is 4.38. The Balaban J connectivity index is 0.00000312. The number of quaternary nitrogens is 1. The van der Waals surface area contributed by atoms with Crippen LogP contribution in [0.2, 0.25) is 0 Å². The predicted octanol–water partition coefficient (Wildman–Crippen LogP) is 4.82. The Kier molecular flexibility index (Phi) is 9.84. The fraction of sp³-hybridized carbons (Fsp3) is 0.667. The van der Waals surface area contributed by atoms with E-state index in [4.69, 9.17) is 0 Å². The first-order valence-corrected chi connectivity index (χ1v) is 9.77. The van der Waals surface area contributed by atoms with Crippen molar-refractivity contribution in [2.24, 2.45) is 0 Å². The summed E-state index contributed by atoms with van der Waals surface area (Å²) in [6.07, 6.45) is 7.39. The summed E-state index contributed by atoms with van der Waals surface area (Å²) in [7, 11) is 0. The number of carbonyl (C=O) groups is 1. The van der Waals surface area contributed by atoms with E-state index in [0.29, 0.717) is 0 Å². The molecule has 1 saturated heterocycles. The maximum Gasteiger partial charge on any atom is 0.282 e. The number of likely N-dealkylation sites (tertiary alicyclic amines) is 1. The number of hydrogen-bond donors (Lipinski definition) is 1. The molecule has 4 heteroatoms. The molecule has 1 aromatic carbocycles. The average Bonchev–Trinajstić information content (AvgIpc) is 2.54. The van der Waals surface area contributed by atoms with Gasteiger partial charge in [0.2, 0.25) is 0 Å². The maximum atomic E-state index is 13.2. The van der Waals surface area contributed by atoms with E-state index in [9.17, 15) is 4.79 Å². The summed E-state index contributed by atoms with van der Waals surface area (Å²) in [6, 6.07) is 6.26. The van der Waals surface area contributed by atoms with E-state index in [1.165, 1.54) is 32.1 Å². The zero-order valence-corrected chi connectivity index (χ0v) is 19.4. The van der Waals surface area contributed by atoms with Gasteiger partial charge in [0.25, 0.3) is 5.91 Å². The van der Waals surface area contributed by atoms with Crippen molar-refractivity contribution >= 4 is 11.6 Å². The van der Waals surface area contributed by atoms with Crippen LogP contribution in [0.25, 0.3) is 0 Å². The van der Waals surface area contributed by atoms with E-state index >= 15 is 0 Å². The second-order valence-electron chi connectivity index (χ2n) is 7.43. The standard InChI is InChI=1S/C21H34N2O.Y/c1-5-19(23(6-2)15-10-8-7-9-11-16-23)21(24)22-20-17(3)13-12-14-18(20)4;/h12-14,19H,5-11,15-16H2,1-4H3;/p+1. The van der Waals surface area contributed by atoms with Crippen LogP contribution in [0.4, 0.5) is 5.69 Å². The van der Waals surface area contributed by atoms with Crippen LogP contribution in [0.5, 0.6) is 0 Å². The molecule has 25 heavy (non-hydrogen) atoms. The molecule has 3 nitrogen and oxygen atoms in total. The van der Waals surface area contributed by atoms with Crippen molar-refractivity contribution in [1.82, 2.24) is 0 Å². The molecule has 0 aliphatic carbocycles. The molecule has 0 saturated carbocycles.